The Morgan fingerprint density at radius 3 is 2.74 bits per heavy atom. The van der Waals surface area contributed by atoms with Crippen molar-refractivity contribution < 1.29 is 4.79 Å². The smallest absolute Gasteiger partial charge is 0.255 e. The number of H-pyrrole nitrogens is 1. The van der Waals surface area contributed by atoms with Crippen LogP contribution in [0.5, 0.6) is 0 Å². The van der Waals surface area contributed by atoms with Crippen LogP contribution in [-0.2, 0) is 6.54 Å². The Labute approximate surface area is 110 Å². The normalized spacial score (nSPS) is 10.2. The molecule has 0 atom stereocenters. The van der Waals surface area contributed by atoms with Crippen LogP contribution in [0.4, 0.5) is 0 Å². The van der Waals surface area contributed by atoms with E-state index in [2.05, 4.69) is 9.97 Å². The van der Waals surface area contributed by atoms with Crippen LogP contribution in [0, 0.1) is 0 Å². The molecular formula is C14H15N3O2. The number of aromatic amines is 1. The molecule has 5 heteroatoms. The summed E-state index contributed by atoms with van der Waals surface area (Å²) in [7, 11) is 0. The van der Waals surface area contributed by atoms with Gasteiger partial charge in [-0.1, -0.05) is 6.07 Å². The predicted molar refractivity (Wildman–Crippen MR) is 71.7 cm³/mol. The Morgan fingerprint density at radius 2 is 2.16 bits per heavy atom. The van der Waals surface area contributed by atoms with E-state index in [9.17, 15) is 9.59 Å². The molecule has 0 fully saturated rings. The van der Waals surface area contributed by atoms with Crippen LogP contribution in [-0.4, -0.2) is 27.3 Å². The van der Waals surface area contributed by atoms with Crippen LogP contribution in [0.1, 0.15) is 23.0 Å². The average molecular weight is 257 g/mol. The Hall–Kier alpha value is -2.43. The molecule has 1 N–H and O–H groups in total. The molecule has 2 heterocycles. The summed E-state index contributed by atoms with van der Waals surface area (Å²) in [6.45, 7) is 2.94. The van der Waals surface area contributed by atoms with Crippen LogP contribution in [0.25, 0.3) is 0 Å². The first kappa shape index (κ1) is 13.0. The zero-order valence-corrected chi connectivity index (χ0v) is 10.7. The van der Waals surface area contributed by atoms with E-state index in [1.54, 1.807) is 11.1 Å². The maximum Gasteiger partial charge on any atom is 0.255 e. The lowest BCUT2D eigenvalue weighted by Gasteiger charge is -2.20. The van der Waals surface area contributed by atoms with Gasteiger partial charge < -0.3 is 9.88 Å². The fraction of sp³-hybridized carbons (Fsp3) is 0.214. The maximum absolute atomic E-state index is 12.3. The van der Waals surface area contributed by atoms with Crippen molar-refractivity contribution in [3.05, 3.63) is 64.3 Å². The molecule has 0 bridgehead atoms. The standard InChI is InChI=1S/C14H15N3O2/c1-2-17(10-12-5-3-4-8-15-12)14(19)11-6-7-13(18)16-9-11/h3-9H,2,10H2,1H3,(H,16,18). The summed E-state index contributed by atoms with van der Waals surface area (Å²) in [6.07, 6.45) is 3.14. The van der Waals surface area contributed by atoms with Crippen LogP contribution in [0.2, 0.25) is 0 Å². The molecule has 2 aromatic heterocycles. The maximum atomic E-state index is 12.3. The minimum Gasteiger partial charge on any atom is -0.333 e. The van der Waals surface area contributed by atoms with E-state index in [4.69, 9.17) is 0 Å². The van der Waals surface area contributed by atoms with Crippen LogP contribution in [0.3, 0.4) is 0 Å². The number of nitrogens with zero attached hydrogens (tertiary/aromatic N) is 2. The topological polar surface area (TPSA) is 66.1 Å². The first-order valence-corrected chi connectivity index (χ1v) is 6.08. The summed E-state index contributed by atoms with van der Waals surface area (Å²) in [5.74, 6) is -0.121. The van der Waals surface area contributed by atoms with E-state index >= 15 is 0 Å². The molecule has 0 saturated carbocycles. The number of amides is 1. The highest BCUT2D eigenvalue weighted by atomic mass is 16.2. The van der Waals surface area contributed by atoms with Gasteiger partial charge in [0, 0.05) is 25.0 Å². The highest BCUT2D eigenvalue weighted by Gasteiger charge is 2.14. The Kier molecular flexibility index (Phi) is 4.07. The molecule has 0 aliphatic rings. The SMILES string of the molecule is CCN(Cc1ccccn1)C(=O)c1ccc(=O)[nH]c1. The van der Waals surface area contributed by atoms with E-state index in [-0.39, 0.29) is 11.5 Å². The molecule has 1 amide bonds. The molecule has 0 spiro atoms. The first-order valence-electron chi connectivity index (χ1n) is 6.08. The summed E-state index contributed by atoms with van der Waals surface area (Å²) >= 11 is 0. The lowest BCUT2D eigenvalue weighted by Crippen LogP contribution is -2.31. The number of pyridine rings is 2. The summed E-state index contributed by atoms with van der Waals surface area (Å²) in [6, 6.07) is 8.48. The Bertz CT molecular complexity index is 587. The zero-order chi connectivity index (χ0) is 13.7. The lowest BCUT2D eigenvalue weighted by molar-refractivity contribution is 0.0750. The minimum absolute atomic E-state index is 0.121. The summed E-state index contributed by atoms with van der Waals surface area (Å²) < 4.78 is 0. The number of aromatic nitrogens is 2. The molecular weight excluding hydrogens is 242 g/mol. The van der Waals surface area contributed by atoms with Crippen molar-refractivity contribution in [1.29, 1.82) is 0 Å². The van der Waals surface area contributed by atoms with Gasteiger partial charge in [-0.2, -0.15) is 0 Å². The molecule has 98 valence electrons. The van der Waals surface area contributed by atoms with Crippen LogP contribution in [0.15, 0.2) is 47.5 Å². The van der Waals surface area contributed by atoms with Crippen molar-refractivity contribution in [2.45, 2.75) is 13.5 Å². The molecule has 0 aromatic carbocycles. The van der Waals surface area contributed by atoms with Gasteiger partial charge in [0.15, 0.2) is 0 Å². The molecule has 2 rings (SSSR count). The van der Waals surface area contributed by atoms with E-state index in [0.29, 0.717) is 18.7 Å². The van der Waals surface area contributed by atoms with Gasteiger partial charge in [-0.3, -0.25) is 14.6 Å². The third kappa shape index (κ3) is 3.28. The van der Waals surface area contributed by atoms with E-state index in [1.165, 1.54) is 18.3 Å². The van der Waals surface area contributed by atoms with Crippen molar-refractivity contribution in [2.75, 3.05) is 6.54 Å². The quantitative estimate of drug-likeness (QED) is 0.901. The van der Waals surface area contributed by atoms with E-state index < -0.39 is 0 Å². The van der Waals surface area contributed by atoms with Crippen molar-refractivity contribution >= 4 is 5.91 Å². The monoisotopic (exact) mass is 257 g/mol. The number of hydrogen-bond donors (Lipinski definition) is 1. The number of hydrogen-bond acceptors (Lipinski definition) is 3. The Balaban J connectivity index is 2.15. The molecule has 0 aliphatic carbocycles. The number of carbonyl (C=O) groups is 1. The third-order valence-corrected chi connectivity index (χ3v) is 2.78. The second-order valence-electron chi connectivity index (χ2n) is 4.08. The van der Waals surface area contributed by atoms with E-state index in [1.807, 2.05) is 25.1 Å². The highest BCUT2D eigenvalue weighted by Crippen LogP contribution is 2.06. The second kappa shape index (κ2) is 5.95. The van der Waals surface area contributed by atoms with Gasteiger partial charge in [0.1, 0.15) is 0 Å². The highest BCUT2D eigenvalue weighted by molar-refractivity contribution is 5.93. The van der Waals surface area contributed by atoms with Gasteiger partial charge in [-0.15, -0.1) is 0 Å². The van der Waals surface area contributed by atoms with Crippen molar-refractivity contribution in [2.24, 2.45) is 0 Å². The predicted octanol–water partition coefficient (Wildman–Crippen LogP) is 1.43. The molecule has 0 unspecified atom stereocenters. The average Bonchev–Trinajstić information content (AvgIpc) is 2.46. The lowest BCUT2D eigenvalue weighted by atomic mass is 10.2. The Morgan fingerprint density at radius 1 is 1.32 bits per heavy atom. The van der Waals surface area contributed by atoms with Crippen LogP contribution >= 0.6 is 0 Å². The number of rotatable bonds is 4. The molecule has 0 aliphatic heterocycles. The van der Waals surface area contributed by atoms with E-state index in [0.717, 1.165) is 5.69 Å². The van der Waals surface area contributed by atoms with Crippen molar-refractivity contribution in [3.8, 4) is 0 Å². The van der Waals surface area contributed by atoms with Crippen molar-refractivity contribution in [3.63, 3.8) is 0 Å². The summed E-state index contributed by atoms with van der Waals surface area (Å²) in [5.41, 5.74) is 1.09. The van der Waals surface area contributed by atoms with Gasteiger partial charge in [-0.05, 0) is 25.1 Å². The number of nitrogens with one attached hydrogen (secondary N) is 1. The van der Waals surface area contributed by atoms with Gasteiger partial charge >= 0.3 is 0 Å². The van der Waals surface area contributed by atoms with Crippen LogP contribution < -0.4 is 5.56 Å². The van der Waals surface area contributed by atoms with Crippen molar-refractivity contribution in [1.82, 2.24) is 14.9 Å². The second-order valence-corrected chi connectivity index (χ2v) is 4.08. The summed E-state index contributed by atoms with van der Waals surface area (Å²) in [5, 5.41) is 0. The minimum atomic E-state index is -0.218. The fourth-order valence-corrected chi connectivity index (χ4v) is 1.74. The molecule has 0 saturated heterocycles. The summed E-state index contributed by atoms with van der Waals surface area (Å²) in [4.78, 5) is 31.6. The molecule has 19 heavy (non-hydrogen) atoms. The van der Waals surface area contributed by atoms with Gasteiger partial charge in [-0.25, -0.2) is 0 Å². The first-order chi connectivity index (χ1) is 9.20. The molecule has 5 nitrogen and oxygen atoms in total. The zero-order valence-electron chi connectivity index (χ0n) is 10.7. The van der Waals surface area contributed by atoms with Gasteiger partial charge in [0.2, 0.25) is 5.56 Å². The van der Waals surface area contributed by atoms with Gasteiger partial charge in [0.05, 0.1) is 17.8 Å². The number of carbonyl (C=O) groups excluding carboxylic acids is 1. The fourth-order valence-electron chi connectivity index (χ4n) is 1.74. The largest absolute Gasteiger partial charge is 0.333 e. The molecule has 0 radical (unpaired) electrons. The van der Waals surface area contributed by atoms with Gasteiger partial charge in [0.25, 0.3) is 5.91 Å². The third-order valence-electron chi connectivity index (χ3n) is 2.78. The molecule has 2 aromatic rings.